The van der Waals surface area contributed by atoms with Crippen LogP contribution in [0.4, 0.5) is 0 Å². The Kier molecular flexibility index (Phi) is 5.39. The van der Waals surface area contributed by atoms with Crippen molar-refractivity contribution in [1.29, 1.82) is 0 Å². The molecule has 0 atom stereocenters. The lowest BCUT2D eigenvalue weighted by Gasteiger charge is -2.33. The van der Waals surface area contributed by atoms with E-state index in [-0.39, 0.29) is 11.0 Å². The van der Waals surface area contributed by atoms with E-state index >= 15 is 0 Å². The smallest absolute Gasteiger partial charge is 0.118 e. The Labute approximate surface area is 117 Å². The minimum absolute atomic E-state index is 0.0945. The molecule has 0 aromatic heterocycles. The quantitative estimate of drug-likeness (QED) is 0.794. The van der Waals surface area contributed by atoms with Gasteiger partial charge in [0.15, 0.2) is 0 Å². The summed E-state index contributed by atoms with van der Waals surface area (Å²) in [6.07, 6.45) is 0. The van der Waals surface area contributed by atoms with Gasteiger partial charge in [-0.25, -0.2) is 0 Å². The fraction of sp³-hybridized carbons (Fsp3) is 0.625. The van der Waals surface area contributed by atoms with Gasteiger partial charge in [-0.1, -0.05) is 26.0 Å². The molecule has 0 fully saturated rings. The van der Waals surface area contributed by atoms with E-state index < -0.39 is 0 Å². The number of ether oxygens (including phenoxy) is 1. The van der Waals surface area contributed by atoms with E-state index in [0.717, 1.165) is 18.8 Å². The molecule has 108 valence electrons. The highest BCUT2D eigenvalue weighted by Gasteiger charge is 2.24. The Morgan fingerprint density at radius 2 is 1.58 bits per heavy atom. The minimum atomic E-state index is 0.0945. The van der Waals surface area contributed by atoms with Gasteiger partial charge >= 0.3 is 0 Å². The first-order chi connectivity index (χ1) is 8.80. The van der Waals surface area contributed by atoms with Gasteiger partial charge in [-0.3, -0.25) is 0 Å². The van der Waals surface area contributed by atoms with Crippen LogP contribution in [0.5, 0.6) is 5.75 Å². The second kappa shape index (κ2) is 6.40. The predicted octanol–water partition coefficient (Wildman–Crippen LogP) is 2.56. The van der Waals surface area contributed by atoms with Crippen LogP contribution in [0.25, 0.3) is 0 Å². The first-order valence-corrected chi connectivity index (χ1v) is 6.85. The molecule has 1 aromatic rings. The molecular formula is C16H28N2O. The van der Waals surface area contributed by atoms with Crippen LogP contribution >= 0.6 is 0 Å². The molecule has 0 saturated carbocycles. The molecule has 19 heavy (non-hydrogen) atoms. The standard InChI is InChI=1S/C16H28N2O/c1-15(2,11-18-16(3,4)12-17-5)13-7-9-14(19-6)10-8-13/h7-10,17-18H,11-12H2,1-6H3. The van der Waals surface area contributed by atoms with Crippen molar-refractivity contribution in [3.05, 3.63) is 29.8 Å². The molecule has 1 rings (SSSR count). The third kappa shape index (κ3) is 4.84. The van der Waals surface area contributed by atoms with Gasteiger partial charge < -0.3 is 15.4 Å². The third-order valence-electron chi connectivity index (χ3n) is 3.50. The molecule has 3 nitrogen and oxygen atoms in total. The zero-order valence-electron chi connectivity index (χ0n) is 13.1. The van der Waals surface area contributed by atoms with Crippen LogP contribution in [0.1, 0.15) is 33.3 Å². The molecule has 0 unspecified atom stereocenters. The van der Waals surface area contributed by atoms with Crippen LogP contribution in [0.2, 0.25) is 0 Å². The van der Waals surface area contributed by atoms with Gasteiger partial charge in [-0.15, -0.1) is 0 Å². The highest BCUT2D eigenvalue weighted by molar-refractivity contribution is 5.31. The highest BCUT2D eigenvalue weighted by Crippen LogP contribution is 2.25. The third-order valence-corrected chi connectivity index (χ3v) is 3.50. The number of methoxy groups -OCH3 is 1. The summed E-state index contributed by atoms with van der Waals surface area (Å²) in [5, 5.41) is 6.85. The summed E-state index contributed by atoms with van der Waals surface area (Å²) < 4.78 is 5.20. The summed E-state index contributed by atoms with van der Waals surface area (Å²) in [5.41, 5.74) is 1.51. The molecule has 0 aliphatic carbocycles. The predicted molar refractivity (Wildman–Crippen MR) is 82.0 cm³/mol. The summed E-state index contributed by atoms with van der Waals surface area (Å²) in [6.45, 7) is 10.8. The van der Waals surface area contributed by atoms with Gasteiger partial charge in [0.05, 0.1) is 7.11 Å². The number of hydrogen-bond acceptors (Lipinski definition) is 3. The number of rotatable bonds is 7. The van der Waals surface area contributed by atoms with E-state index in [1.54, 1.807) is 7.11 Å². The van der Waals surface area contributed by atoms with Gasteiger partial charge in [-0.05, 0) is 38.6 Å². The Morgan fingerprint density at radius 3 is 2.05 bits per heavy atom. The Balaban J connectivity index is 2.69. The van der Waals surface area contributed by atoms with Crippen LogP contribution in [-0.4, -0.2) is 32.8 Å². The van der Waals surface area contributed by atoms with E-state index in [1.165, 1.54) is 5.56 Å². The summed E-state index contributed by atoms with van der Waals surface area (Å²) in [4.78, 5) is 0. The molecule has 0 spiro atoms. The topological polar surface area (TPSA) is 33.3 Å². The van der Waals surface area contributed by atoms with Gasteiger partial charge in [0, 0.05) is 24.0 Å². The second-order valence-corrected chi connectivity index (χ2v) is 6.38. The molecule has 2 N–H and O–H groups in total. The van der Waals surface area contributed by atoms with E-state index in [2.05, 4.69) is 50.5 Å². The molecule has 0 radical (unpaired) electrons. The van der Waals surface area contributed by atoms with Gasteiger partial charge in [0.1, 0.15) is 5.75 Å². The molecule has 0 aliphatic rings. The minimum Gasteiger partial charge on any atom is -0.497 e. The SMILES string of the molecule is CNCC(C)(C)NCC(C)(C)c1ccc(OC)cc1. The zero-order valence-corrected chi connectivity index (χ0v) is 13.1. The molecular weight excluding hydrogens is 236 g/mol. The molecule has 0 heterocycles. The van der Waals surface area contributed by atoms with E-state index in [1.807, 2.05) is 19.2 Å². The van der Waals surface area contributed by atoms with Crippen LogP contribution < -0.4 is 15.4 Å². The van der Waals surface area contributed by atoms with Crippen molar-refractivity contribution in [2.75, 3.05) is 27.2 Å². The van der Waals surface area contributed by atoms with Gasteiger partial charge in [0.25, 0.3) is 0 Å². The van der Waals surface area contributed by atoms with Gasteiger partial charge in [-0.2, -0.15) is 0 Å². The average molecular weight is 264 g/mol. The van der Waals surface area contributed by atoms with Crippen LogP contribution in [-0.2, 0) is 5.41 Å². The van der Waals surface area contributed by atoms with Crippen LogP contribution in [0, 0.1) is 0 Å². The van der Waals surface area contributed by atoms with E-state index in [4.69, 9.17) is 4.74 Å². The fourth-order valence-corrected chi connectivity index (χ4v) is 2.11. The molecule has 1 aromatic carbocycles. The Hall–Kier alpha value is -1.06. The normalized spacial score (nSPS) is 12.5. The van der Waals surface area contributed by atoms with Gasteiger partial charge in [0.2, 0.25) is 0 Å². The summed E-state index contributed by atoms with van der Waals surface area (Å²) in [5.74, 6) is 0.906. The first-order valence-electron chi connectivity index (χ1n) is 6.85. The monoisotopic (exact) mass is 264 g/mol. The zero-order chi connectivity index (χ0) is 14.5. The molecule has 3 heteroatoms. The molecule has 0 aliphatic heterocycles. The fourth-order valence-electron chi connectivity index (χ4n) is 2.11. The molecule has 0 amide bonds. The van der Waals surface area contributed by atoms with Crippen molar-refractivity contribution >= 4 is 0 Å². The lowest BCUT2D eigenvalue weighted by Crippen LogP contribution is -2.50. The summed E-state index contributed by atoms with van der Waals surface area (Å²) in [7, 11) is 3.68. The Bertz CT molecular complexity index is 382. The van der Waals surface area contributed by atoms with Crippen molar-refractivity contribution in [2.45, 2.75) is 38.6 Å². The Morgan fingerprint density at radius 1 is 1.00 bits per heavy atom. The molecule has 0 bridgehead atoms. The number of likely N-dealkylation sites (N-methyl/N-ethyl adjacent to an activating group) is 1. The number of nitrogens with one attached hydrogen (secondary N) is 2. The summed E-state index contributed by atoms with van der Waals surface area (Å²) in [6, 6.07) is 8.34. The largest absolute Gasteiger partial charge is 0.497 e. The maximum Gasteiger partial charge on any atom is 0.118 e. The highest BCUT2D eigenvalue weighted by atomic mass is 16.5. The van der Waals surface area contributed by atoms with Crippen molar-refractivity contribution in [2.24, 2.45) is 0 Å². The van der Waals surface area contributed by atoms with Crippen molar-refractivity contribution in [3.63, 3.8) is 0 Å². The maximum absolute atomic E-state index is 5.20. The van der Waals surface area contributed by atoms with Crippen molar-refractivity contribution in [1.82, 2.24) is 10.6 Å². The van der Waals surface area contributed by atoms with Crippen LogP contribution in [0.3, 0.4) is 0 Å². The summed E-state index contributed by atoms with van der Waals surface area (Å²) >= 11 is 0. The number of benzene rings is 1. The van der Waals surface area contributed by atoms with E-state index in [9.17, 15) is 0 Å². The maximum atomic E-state index is 5.20. The lowest BCUT2D eigenvalue weighted by atomic mass is 9.84. The van der Waals surface area contributed by atoms with Crippen molar-refractivity contribution in [3.8, 4) is 5.75 Å². The number of hydrogen-bond donors (Lipinski definition) is 2. The second-order valence-electron chi connectivity index (χ2n) is 6.38. The van der Waals surface area contributed by atoms with E-state index in [0.29, 0.717) is 0 Å². The van der Waals surface area contributed by atoms with Crippen LogP contribution in [0.15, 0.2) is 24.3 Å². The average Bonchev–Trinajstić information content (AvgIpc) is 2.37. The lowest BCUT2D eigenvalue weighted by molar-refractivity contribution is 0.332. The first kappa shape index (κ1) is 16.0. The van der Waals surface area contributed by atoms with Crippen molar-refractivity contribution < 1.29 is 4.74 Å². The molecule has 0 saturated heterocycles.